The van der Waals surface area contributed by atoms with Gasteiger partial charge >= 0.3 is 0 Å². The van der Waals surface area contributed by atoms with Gasteiger partial charge < -0.3 is 45.0 Å². The number of likely N-dealkylation sites (tertiary alicyclic amines) is 1. The first-order chi connectivity index (χ1) is 28.7. The molecule has 0 aromatic heterocycles. The molecule has 16 nitrogen and oxygen atoms in total. The third kappa shape index (κ3) is 18.3. The number of benzene rings is 1. The van der Waals surface area contributed by atoms with Crippen LogP contribution in [0.3, 0.4) is 0 Å². The van der Waals surface area contributed by atoms with Crippen LogP contribution in [0.4, 0.5) is 5.69 Å². The van der Waals surface area contributed by atoms with Crippen LogP contribution >= 0.6 is 11.8 Å². The van der Waals surface area contributed by atoms with Crippen molar-refractivity contribution in [1.82, 2.24) is 20.9 Å². The molecule has 1 aromatic rings. The van der Waals surface area contributed by atoms with Crippen molar-refractivity contribution in [2.24, 2.45) is 11.8 Å². The van der Waals surface area contributed by atoms with Crippen molar-refractivity contribution in [1.29, 1.82) is 0 Å². The minimum Gasteiger partial charge on any atom is -0.379 e. The fourth-order valence-corrected chi connectivity index (χ4v) is 8.40. The zero-order chi connectivity index (χ0) is 42.1. The first kappa shape index (κ1) is 48.1. The molecule has 0 spiro atoms. The Hall–Kier alpha value is -3.61. The minimum atomic E-state index is -0.763. The van der Waals surface area contributed by atoms with Crippen molar-refractivity contribution < 1.29 is 52.5 Å². The zero-order valence-corrected chi connectivity index (χ0v) is 35.4. The van der Waals surface area contributed by atoms with Crippen LogP contribution in [0.15, 0.2) is 30.3 Å². The second-order valence-electron chi connectivity index (χ2n) is 15.0. The van der Waals surface area contributed by atoms with Gasteiger partial charge in [-0.2, -0.15) is 0 Å². The number of carbonyl (C=O) groups is 6. The molecule has 2 heterocycles. The predicted molar refractivity (Wildman–Crippen MR) is 222 cm³/mol. The monoisotopic (exact) mass is 847 g/mol. The number of carbonyl (C=O) groups excluding carboxylic acids is 6. The molecule has 0 bridgehead atoms. The van der Waals surface area contributed by atoms with Crippen LogP contribution in [0.1, 0.15) is 77.6 Å². The summed E-state index contributed by atoms with van der Waals surface area (Å²) >= 11 is 1.50. The van der Waals surface area contributed by atoms with E-state index in [0.717, 1.165) is 38.5 Å². The summed E-state index contributed by atoms with van der Waals surface area (Å²) in [4.78, 5) is 77.8. The van der Waals surface area contributed by atoms with E-state index in [1.54, 1.807) is 12.1 Å². The van der Waals surface area contributed by atoms with Crippen LogP contribution in [-0.4, -0.2) is 143 Å². The Morgan fingerprint density at radius 1 is 0.797 bits per heavy atom. The summed E-state index contributed by atoms with van der Waals surface area (Å²) in [7, 11) is 0. The Kier molecular flexibility index (Phi) is 22.8. The SMILES string of the molecule is CCOCCOCCOCCOCCOCCNC(=O)C1CCC(CN2C(=O)CC(SCCCCC[C@H](NC(=O)C3CCC(=O)N3)C(=O)Nc3ccccc3)C2=O)CC1. The van der Waals surface area contributed by atoms with Gasteiger partial charge in [-0.1, -0.05) is 31.0 Å². The minimum absolute atomic E-state index is 0.0156. The smallest absolute Gasteiger partial charge is 0.246 e. The van der Waals surface area contributed by atoms with E-state index in [9.17, 15) is 28.8 Å². The molecule has 4 rings (SSSR count). The fourth-order valence-electron chi connectivity index (χ4n) is 7.21. The number of hydrogen-bond donors (Lipinski definition) is 4. The summed E-state index contributed by atoms with van der Waals surface area (Å²) < 4.78 is 27.1. The molecule has 17 heteroatoms. The van der Waals surface area contributed by atoms with E-state index in [-0.39, 0.29) is 60.1 Å². The highest BCUT2D eigenvalue weighted by Gasteiger charge is 2.40. The Morgan fingerprint density at radius 2 is 1.44 bits per heavy atom. The summed E-state index contributed by atoms with van der Waals surface area (Å²) in [5.41, 5.74) is 0.629. The number of hydrogen-bond acceptors (Lipinski definition) is 12. The van der Waals surface area contributed by atoms with Gasteiger partial charge in [0.1, 0.15) is 12.1 Å². The number of amides is 6. The van der Waals surface area contributed by atoms with Gasteiger partial charge in [-0.05, 0) is 75.7 Å². The average molecular weight is 848 g/mol. The Balaban J connectivity index is 1.02. The topological polar surface area (TPSA) is 200 Å². The summed E-state index contributed by atoms with van der Waals surface area (Å²) in [5.74, 6) is -0.325. The van der Waals surface area contributed by atoms with E-state index in [2.05, 4.69) is 21.3 Å². The maximum absolute atomic E-state index is 13.2. The molecule has 3 aliphatic rings. The molecule has 2 unspecified atom stereocenters. The molecule has 6 amide bonds. The number of unbranched alkanes of at least 4 members (excludes halogenated alkanes) is 2. The highest BCUT2D eigenvalue weighted by molar-refractivity contribution is 8.00. The maximum atomic E-state index is 13.2. The standard InChI is InChI=1S/C42H65N5O11S/c1-2-54-20-21-56-24-25-58-27-26-57-23-22-55-19-18-43-39(50)32-14-12-31(13-15-32)30-47-38(49)29-36(42(47)53)59-28-8-4-7-11-34(40(51)44-33-9-5-3-6-10-33)46-41(52)35-16-17-37(48)45-35/h3,5-6,9-10,31-32,34-36H,2,4,7-8,11-30H2,1H3,(H,43,50)(H,44,51)(H,45,48)(H,46,52)/t31?,32?,34-,35?,36?/m0/s1. The van der Waals surface area contributed by atoms with Crippen molar-refractivity contribution >= 4 is 52.9 Å². The van der Waals surface area contributed by atoms with Crippen molar-refractivity contribution in [2.45, 2.75) is 94.9 Å². The largest absolute Gasteiger partial charge is 0.379 e. The lowest BCUT2D eigenvalue weighted by Gasteiger charge is -2.30. The van der Waals surface area contributed by atoms with Gasteiger partial charge in [-0.3, -0.25) is 33.7 Å². The first-order valence-electron chi connectivity index (χ1n) is 21.3. The van der Waals surface area contributed by atoms with Crippen LogP contribution in [0, 0.1) is 11.8 Å². The molecular formula is C42H65N5O11S. The number of ether oxygens (including phenoxy) is 5. The van der Waals surface area contributed by atoms with Gasteiger partial charge in [0.2, 0.25) is 35.4 Å². The Morgan fingerprint density at radius 3 is 2.07 bits per heavy atom. The lowest BCUT2D eigenvalue weighted by molar-refractivity contribution is -0.139. The molecule has 4 N–H and O–H groups in total. The summed E-state index contributed by atoms with van der Waals surface area (Å²) in [6.07, 6.45) is 6.54. The van der Waals surface area contributed by atoms with E-state index in [1.807, 2.05) is 25.1 Å². The second kappa shape index (κ2) is 28.0. The molecule has 0 radical (unpaired) electrons. The highest BCUT2D eigenvalue weighted by atomic mass is 32.2. The molecule has 1 aliphatic carbocycles. The molecule has 1 aromatic carbocycles. The lowest BCUT2D eigenvalue weighted by atomic mass is 9.81. The molecule has 1 saturated carbocycles. The molecule has 2 aliphatic heterocycles. The van der Waals surface area contributed by atoms with E-state index < -0.39 is 17.3 Å². The third-order valence-corrected chi connectivity index (χ3v) is 11.8. The third-order valence-electron chi connectivity index (χ3n) is 10.5. The highest BCUT2D eigenvalue weighted by Crippen LogP contribution is 2.33. The van der Waals surface area contributed by atoms with Gasteiger partial charge in [0.05, 0.1) is 64.7 Å². The maximum Gasteiger partial charge on any atom is 0.246 e. The van der Waals surface area contributed by atoms with E-state index in [0.29, 0.717) is 110 Å². The van der Waals surface area contributed by atoms with Crippen LogP contribution < -0.4 is 21.3 Å². The number of nitrogens with one attached hydrogen (secondary N) is 4. The van der Waals surface area contributed by atoms with Crippen molar-refractivity contribution in [3.8, 4) is 0 Å². The van der Waals surface area contributed by atoms with Crippen LogP contribution in [-0.2, 0) is 52.5 Å². The Labute approximate surface area is 352 Å². The van der Waals surface area contributed by atoms with Gasteiger partial charge in [0, 0.05) is 44.1 Å². The van der Waals surface area contributed by atoms with Crippen LogP contribution in [0.2, 0.25) is 0 Å². The van der Waals surface area contributed by atoms with Gasteiger partial charge in [-0.25, -0.2) is 0 Å². The second-order valence-corrected chi connectivity index (χ2v) is 16.3. The number of thioether (sulfide) groups is 1. The van der Waals surface area contributed by atoms with Crippen LogP contribution in [0.5, 0.6) is 0 Å². The number of nitrogens with zero attached hydrogens (tertiary/aromatic N) is 1. The van der Waals surface area contributed by atoms with Crippen molar-refractivity contribution in [3.63, 3.8) is 0 Å². The predicted octanol–water partition coefficient (Wildman–Crippen LogP) is 2.84. The first-order valence-corrected chi connectivity index (χ1v) is 22.4. The average Bonchev–Trinajstić information content (AvgIpc) is 3.79. The number of para-hydroxylation sites is 1. The van der Waals surface area contributed by atoms with Gasteiger partial charge in [0.15, 0.2) is 0 Å². The number of imide groups is 1. The molecule has 3 fully saturated rings. The van der Waals surface area contributed by atoms with E-state index in [4.69, 9.17) is 23.7 Å². The molecule has 2 saturated heterocycles. The quantitative estimate of drug-likeness (QED) is 0.0654. The molecule has 59 heavy (non-hydrogen) atoms. The van der Waals surface area contributed by atoms with Crippen molar-refractivity contribution in [3.05, 3.63) is 30.3 Å². The number of anilines is 1. The van der Waals surface area contributed by atoms with Crippen LogP contribution in [0.25, 0.3) is 0 Å². The fraction of sp³-hybridized carbons (Fsp3) is 0.714. The van der Waals surface area contributed by atoms with Gasteiger partial charge in [-0.15, -0.1) is 11.8 Å². The lowest BCUT2D eigenvalue weighted by Crippen LogP contribution is -2.50. The summed E-state index contributed by atoms with van der Waals surface area (Å²) in [5, 5.41) is 10.9. The number of rotatable bonds is 30. The van der Waals surface area contributed by atoms with E-state index in [1.165, 1.54) is 16.7 Å². The molecule has 3 atom stereocenters. The molecular weight excluding hydrogens is 783 g/mol. The Bertz CT molecular complexity index is 1450. The normalized spacial score (nSPS) is 21.0. The van der Waals surface area contributed by atoms with Crippen molar-refractivity contribution in [2.75, 3.05) is 90.2 Å². The van der Waals surface area contributed by atoms with Gasteiger partial charge in [0.25, 0.3) is 0 Å². The summed E-state index contributed by atoms with van der Waals surface area (Å²) in [6, 6.07) is 7.62. The van der Waals surface area contributed by atoms with E-state index >= 15 is 0 Å². The molecule has 330 valence electrons. The summed E-state index contributed by atoms with van der Waals surface area (Å²) in [6.45, 7) is 7.87. The zero-order valence-electron chi connectivity index (χ0n) is 34.6.